The molecule has 152 valence electrons. The molecule has 0 aliphatic heterocycles. The molecule has 0 radical (unpaired) electrons. The SMILES string of the molecule is CCOc1ccc(-c2nnc(S[C@@H](C)C(=O)Nc3cc(C)ccc3C)n2N)cc1. The molecule has 29 heavy (non-hydrogen) atoms. The van der Waals surface area contributed by atoms with Crippen LogP contribution in [-0.2, 0) is 4.79 Å². The summed E-state index contributed by atoms with van der Waals surface area (Å²) in [5.41, 5.74) is 3.74. The van der Waals surface area contributed by atoms with E-state index in [9.17, 15) is 4.79 Å². The Hall–Kier alpha value is -3.00. The van der Waals surface area contributed by atoms with Gasteiger partial charge in [-0.2, -0.15) is 0 Å². The highest BCUT2D eigenvalue weighted by molar-refractivity contribution is 8.00. The van der Waals surface area contributed by atoms with Gasteiger partial charge in [-0.1, -0.05) is 23.9 Å². The van der Waals surface area contributed by atoms with Gasteiger partial charge in [-0.25, -0.2) is 4.68 Å². The number of ether oxygens (including phenoxy) is 1. The van der Waals surface area contributed by atoms with Crippen LogP contribution in [0.25, 0.3) is 11.4 Å². The summed E-state index contributed by atoms with van der Waals surface area (Å²) in [6.07, 6.45) is 0. The minimum Gasteiger partial charge on any atom is -0.494 e. The number of rotatable bonds is 7. The standard InChI is InChI=1S/C21H25N5O2S/c1-5-28-17-10-8-16(9-11-17)19-24-25-21(26(19)22)29-15(4)20(27)23-18-12-13(2)6-7-14(18)3/h6-12,15H,5,22H2,1-4H3,(H,23,27)/t15-/m0/s1. The Morgan fingerprint density at radius 3 is 2.62 bits per heavy atom. The number of hydrogen-bond donors (Lipinski definition) is 2. The van der Waals surface area contributed by atoms with Gasteiger partial charge in [0.2, 0.25) is 11.1 Å². The van der Waals surface area contributed by atoms with Crippen LogP contribution in [0.2, 0.25) is 0 Å². The Morgan fingerprint density at radius 1 is 1.21 bits per heavy atom. The molecule has 3 N–H and O–H groups in total. The van der Waals surface area contributed by atoms with E-state index in [1.807, 2.05) is 70.2 Å². The van der Waals surface area contributed by atoms with Crippen molar-refractivity contribution in [3.8, 4) is 17.1 Å². The first-order valence-electron chi connectivity index (χ1n) is 9.37. The minimum absolute atomic E-state index is 0.116. The van der Waals surface area contributed by atoms with Gasteiger partial charge < -0.3 is 15.9 Å². The molecule has 1 aromatic heterocycles. The molecule has 0 saturated carbocycles. The normalized spacial score (nSPS) is 11.9. The zero-order valence-electron chi connectivity index (χ0n) is 17.0. The maximum Gasteiger partial charge on any atom is 0.237 e. The van der Waals surface area contributed by atoms with Crippen LogP contribution in [0.15, 0.2) is 47.6 Å². The van der Waals surface area contributed by atoms with Crippen LogP contribution in [0.1, 0.15) is 25.0 Å². The van der Waals surface area contributed by atoms with Gasteiger partial charge in [0, 0.05) is 11.3 Å². The third-order valence-electron chi connectivity index (χ3n) is 4.39. The molecule has 0 aliphatic rings. The molecule has 3 rings (SSSR count). The molecule has 8 heteroatoms. The monoisotopic (exact) mass is 411 g/mol. The van der Waals surface area contributed by atoms with E-state index in [1.165, 1.54) is 16.4 Å². The van der Waals surface area contributed by atoms with Gasteiger partial charge in [-0.3, -0.25) is 4.79 Å². The maximum absolute atomic E-state index is 12.6. The Labute approximate surface area is 174 Å². The van der Waals surface area contributed by atoms with Crippen molar-refractivity contribution < 1.29 is 9.53 Å². The first-order valence-corrected chi connectivity index (χ1v) is 10.3. The summed E-state index contributed by atoms with van der Waals surface area (Å²) >= 11 is 1.26. The second kappa shape index (κ2) is 9.00. The number of aromatic nitrogens is 3. The lowest BCUT2D eigenvalue weighted by Gasteiger charge is -2.13. The Morgan fingerprint density at radius 2 is 1.93 bits per heavy atom. The van der Waals surface area contributed by atoms with Crippen molar-refractivity contribution in [3.05, 3.63) is 53.6 Å². The van der Waals surface area contributed by atoms with E-state index in [-0.39, 0.29) is 5.91 Å². The molecule has 0 aliphatic carbocycles. The number of amides is 1. The summed E-state index contributed by atoms with van der Waals surface area (Å²) in [4.78, 5) is 12.6. The van der Waals surface area contributed by atoms with Crippen molar-refractivity contribution in [1.82, 2.24) is 14.9 Å². The van der Waals surface area contributed by atoms with Crippen LogP contribution in [-0.4, -0.2) is 32.6 Å². The van der Waals surface area contributed by atoms with Crippen molar-refractivity contribution in [2.75, 3.05) is 17.8 Å². The first-order chi connectivity index (χ1) is 13.9. The van der Waals surface area contributed by atoms with Crippen molar-refractivity contribution in [1.29, 1.82) is 0 Å². The molecule has 1 atom stereocenters. The molecule has 7 nitrogen and oxygen atoms in total. The number of nitrogens with two attached hydrogens (primary N) is 1. The third-order valence-corrected chi connectivity index (χ3v) is 5.45. The van der Waals surface area contributed by atoms with E-state index in [2.05, 4.69) is 15.5 Å². The number of anilines is 1. The zero-order valence-corrected chi connectivity index (χ0v) is 17.8. The molecule has 1 amide bonds. The fourth-order valence-corrected chi connectivity index (χ4v) is 3.51. The second-order valence-electron chi connectivity index (χ2n) is 6.70. The second-order valence-corrected chi connectivity index (χ2v) is 8.01. The number of nitrogen functional groups attached to an aromatic ring is 1. The Balaban J connectivity index is 1.70. The van der Waals surface area contributed by atoms with Crippen molar-refractivity contribution >= 4 is 23.4 Å². The van der Waals surface area contributed by atoms with Gasteiger partial charge in [-0.05, 0) is 69.2 Å². The third kappa shape index (κ3) is 4.89. The summed E-state index contributed by atoms with van der Waals surface area (Å²) < 4.78 is 6.86. The fourth-order valence-electron chi connectivity index (χ4n) is 2.74. The largest absolute Gasteiger partial charge is 0.494 e. The number of aryl methyl sites for hydroxylation is 2. The maximum atomic E-state index is 12.6. The van der Waals surface area contributed by atoms with Crippen molar-refractivity contribution in [3.63, 3.8) is 0 Å². The number of carbonyl (C=O) groups excluding carboxylic acids is 1. The van der Waals surface area contributed by atoms with E-state index >= 15 is 0 Å². The van der Waals surface area contributed by atoms with Gasteiger partial charge in [0.1, 0.15) is 5.75 Å². The summed E-state index contributed by atoms with van der Waals surface area (Å²) in [5.74, 6) is 7.38. The van der Waals surface area contributed by atoms with Gasteiger partial charge in [-0.15, -0.1) is 10.2 Å². The smallest absolute Gasteiger partial charge is 0.237 e. The predicted molar refractivity (Wildman–Crippen MR) is 117 cm³/mol. The van der Waals surface area contributed by atoms with E-state index in [0.29, 0.717) is 17.6 Å². The quantitative estimate of drug-likeness (QED) is 0.454. The molecule has 1 heterocycles. The number of thioether (sulfide) groups is 1. The van der Waals surface area contributed by atoms with E-state index in [4.69, 9.17) is 10.6 Å². The van der Waals surface area contributed by atoms with Crippen molar-refractivity contribution in [2.45, 2.75) is 38.1 Å². The molecule has 3 aromatic rings. The van der Waals surface area contributed by atoms with Gasteiger partial charge in [0.15, 0.2) is 5.82 Å². The fraction of sp³-hybridized carbons (Fsp3) is 0.286. The molecule has 2 aromatic carbocycles. The minimum atomic E-state index is -0.394. The van der Waals surface area contributed by atoms with E-state index in [1.54, 1.807) is 0 Å². The zero-order chi connectivity index (χ0) is 21.0. The first kappa shape index (κ1) is 20.7. The number of nitrogens with one attached hydrogen (secondary N) is 1. The number of benzene rings is 2. The lowest BCUT2D eigenvalue weighted by Crippen LogP contribution is -2.24. The Kier molecular flexibility index (Phi) is 6.43. The molecule has 0 bridgehead atoms. The lowest BCUT2D eigenvalue weighted by molar-refractivity contribution is -0.115. The molecular formula is C21H25N5O2S. The number of nitrogens with zero attached hydrogens (tertiary/aromatic N) is 3. The Bertz CT molecular complexity index is 1000. The summed E-state index contributed by atoms with van der Waals surface area (Å²) in [7, 11) is 0. The number of hydrogen-bond acceptors (Lipinski definition) is 6. The van der Waals surface area contributed by atoms with Crippen LogP contribution < -0.4 is 15.9 Å². The van der Waals surface area contributed by atoms with Gasteiger partial charge >= 0.3 is 0 Å². The molecule has 0 fully saturated rings. The topological polar surface area (TPSA) is 95.1 Å². The van der Waals surface area contributed by atoms with E-state index < -0.39 is 5.25 Å². The van der Waals surface area contributed by atoms with Crippen molar-refractivity contribution in [2.24, 2.45) is 0 Å². The average Bonchev–Trinajstić information content (AvgIpc) is 3.06. The summed E-state index contributed by atoms with van der Waals surface area (Å²) in [5, 5.41) is 11.4. The number of carbonyl (C=O) groups is 1. The van der Waals surface area contributed by atoms with E-state index in [0.717, 1.165) is 28.1 Å². The predicted octanol–water partition coefficient (Wildman–Crippen LogP) is 3.79. The van der Waals surface area contributed by atoms with Crippen LogP contribution in [0.3, 0.4) is 0 Å². The van der Waals surface area contributed by atoms with Gasteiger partial charge in [0.05, 0.1) is 11.9 Å². The van der Waals surface area contributed by atoms with Crippen LogP contribution in [0.4, 0.5) is 5.69 Å². The molecule has 0 unspecified atom stereocenters. The van der Waals surface area contributed by atoms with Crippen LogP contribution >= 0.6 is 11.8 Å². The van der Waals surface area contributed by atoms with Crippen LogP contribution in [0, 0.1) is 13.8 Å². The highest BCUT2D eigenvalue weighted by Crippen LogP contribution is 2.27. The van der Waals surface area contributed by atoms with Gasteiger partial charge in [0.25, 0.3) is 0 Å². The highest BCUT2D eigenvalue weighted by atomic mass is 32.2. The molecule has 0 spiro atoms. The molecule has 0 saturated heterocycles. The molecular weight excluding hydrogens is 386 g/mol. The summed E-state index contributed by atoms with van der Waals surface area (Å²) in [6, 6.07) is 13.4. The highest BCUT2D eigenvalue weighted by Gasteiger charge is 2.20. The van der Waals surface area contributed by atoms with Crippen LogP contribution in [0.5, 0.6) is 5.75 Å². The average molecular weight is 412 g/mol. The lowest BCUT2D eigenvalue weighted by atomic mass is 10.1. The summed E-state index contributed by atoms with van der Waals surface area (Å²) in [6.45, 7) is 8.32.